The van der Waals surface area contributed by atoms with Gasteiger partial charge in [0, 0.05) is 0 Å². The van der Waals surface area contributed by atoms with Gasteiger partial charge in [-0.1, -0.05) is 51.2 Å². The summed E-state index contributed by atoms with van der Waals surface area (Å²) in [5.41, 5.74) is 0. The first-order chi connectivity index (χ1) is 8.41. The Labute approximate surface area is 107 Å². The van der Waals surface area contributed by atoms with Crippen molar-refractivity contribution in [1.82, 2.24) is 0 Å². The van der Waals surface area contributed by atoms with E-state index in [2.05, 4.69) is 25.1 Å². The summed E-state index contributed by atoms with van der Waals surface area (Å²) >= 11 is 0. The van der Waals surface area contributed by atoms with Crippen molar-refractivity contribution in [3.05, 3.63) is 12.2 Å². The number of nitriles is 1. The molecule has 0 saturated heterocycles. The van der Waals surface area contributed by atoms with E-state index < -0.39 is 0 Å². The fraction of sp³-hybridized carbons (Fsp3) is 0.800. The number of unbranched alkanes of at least 4 members (excludes halogenated alkanes) is 6. The fourth-order valence-electron chi connectivity index (χ4n) is 1.65. The molecule has 0 rings (SSSR count). The molecule has 98 valence electrons. The Morgan fingerprint density at radius 3 is 2.41 bits per heavy atom. The van der Waals surface area contributed by atoms with Crippen LogP contribution in [-0.2, 0) is 4.74 Å². The smallest absolute Gasteiger partial charge is 0.0645 e. The second-order valence-electron chi connectivity index (χ2n) is 4.34. The average Bonchev–Trinajstić information content (AvgIpc) is 2.35. The van der Waals surface area contributed by atoms with Crippen LogP contribution >= 0.6 is 0 Å². The van der Waals surface area contributed by atoms with E-state index >= 15 is 0 Å². The Morgan fingerprint density at radius 1 is 0.941 bits per heavy atom. The van der Waals surface area contributed by atoms with Crippen molar-refractivity contribution >= 4 is 0 Å². The van der Waals surface area contributed by atoms with Crippen LogP contribution in [0.4, 0.5) is 0 Å². The predicted molar refractivity (Wildman–Crippen MR) is 72.8 cm³/mol. The number of rotatable bonds is 12. The van der Waals surface area contributed by atoms with Crippen LogP contribution in [0.1, 0.15) is 64.7 Å². The van der Waals surface area contributed by atoms with Crippen LogP contribution < -0.4 is 0 Å². The van der Waals surface area contributed by atoms with Gasteiger partial charge in [0.1, 0.15) is 0 Å². The van der Waals surface area contributed by atoms with Crippen LogP contribution in [0.2, 0.25) is 0 Å². The molecule has 0 radical (unpaired) electrons. The van der Waals surface area contributed by atoms with Gasteiger partial charge in [-0.2, -0.15) is 5.26 Å². The number of allylic oxidation sites excluding steroid dienone is 1. The molecule has 0 aromatic rings. The lowest BCUT2D eigenvalue weighted by Crippen LogP contribution is -1.94. The van der Waals surface area contributed by atoms with Crippen LogP contribution in [0, 0.1) is 11.3 Å². The molecular formula is C15H27NO. The number of hydrogen-bond donors (Lipinski definition) is 0. The van der Waals surface area contributed by atoms with Gasteiger partial charge in [-0.15, -0.1) is 0 Å². The summed E-state index contributed by atoms with van der Waals surface area (Å²) < 4.78 is 5.27. The standard InChI is InChI=1S/C15H27NO/c1-2-3-4-5-6-7-8-9-10-11-14-17-15-12-13-16/h9-10H,2-8,11-12,14-15H2,1H3/b10-9+. The summed E-state index contributed by atoms with van der Waals surface area (Å²) in [6.45, 7) is 3.57. The lowest BCUT2D eigenvalue weighted by atomic mass is 10.1. The molecule has 0 N–H and O–H groups in total. The van der Waals surface area contributed by atoms with Gasteiger partial charge in [-0.05, 0) is 19.3 Å². The van der Waals surface area contributed by atoms with Gasteiger partial charge in [0.2, 0.25) is 0 Å². The van der Waals surface area contributed by atoms with Crippen molar-refractivity contribution in [1.29, 1.82) is 5.26 Å². The van der Waals surface area contributed by atoms with Crippen LogP contribution in [0.25, 0.3) is 0 Å². The Balaban J connectivity index is 3.02. The molecule has 0 aliphatic carbocycles. The van der Waals surface area contributed by atoms with E-state index in [1.807, 2.05) is 0 Å². The molecule has 17 heavy (non-hydrogen) atoms. The Hall–Kier alpha value is -0.810. The normalized spacial score (nSPS) is 10.8. The highest BCUT2D eigenvalue weighted by Crippen LogP contribution is 2.07. The fourth-order valence-corrected chi connectivity index (χ4v) is 1.65. The molecule has 0 fully saturated rings. The maximum absolute atomic E-state index is 8.30. The van der Waals surface area contributed by atoms with Crippen LogP contribution in [0.15, 0.2) is 12.2 Å². The summed E-state index contributed by atoms with van der Waals surface area (Å²) in [5, 5.41) is 8.30. The van der Waals surface area contributed by atoms with Crippen LogP contribution in [0.5, 0.6) is 0 Å². The molecule has 0 bridgehead atoms. The average molecular weight is 237 g/mol. The van der Waals surface area contributed by atoms with Crippen LogP contribution in [0.3, 0.4) is 0 Å². The van der Waals surface area contributed by atoms with Gasteiger partial charge in [0.05, 0.1) is 25.7 Å². The summed E-state index contributed by atoms with van der Waals surface area (Å²) in [4.78, 5) is 0. The highest BCUT2D eigenvalue weighted by atomic mass is 16.5. The monoisotopic (exact) mass is 237 g/mol. The summed E-state index contributed by atoms with van der Waals surface area (Å²) in [6.07, 6.45) is 15.3. The number of nitrogens with zero attached hydrogens (tertiary/aromatic N) is 1. The number of ether oxygens (including phenoxy) is 1. The van der Waals surface area contributed by atoms with Crippen molar-refractivity contribution in [3.63, 3.8) is 0 Å². The SMILES string of the molecule is CCCCCCCC/C=C/CCOCCC#N. The first-order valence-electron chi connectivity index (χ1n) is 7.01. The minimum absolute atomic E-state index is 0.501. The molecule has 0 aromatic carbocycles. The second-order valence-corrected chi connectivity index (χ2v) is 4.34. The molecule has 0 saturated carbocycles. The molecule has 0 amide bonds. The van der Waals surface area contributed by atoms with Gasteiger partial charge < -0.3 is 4.74 Å². The van der Waals surface area contributed by atoms with Gasteiger partial charge in [-0.25, -0.2) is 0 Å². The minimum Gasteiger partial charge on any atom is -0.380 e. The molecule has 2 nitrogen and oxygen atoms in total. The third-order valence-corrected chi connectivity index (χ3v) is 2.68. The molecule has 2 heteroatoms. The molecule has 0 aromatic heterocycles. The van der Waals surface area contributed by atoms with Gasteiger partial charge in [-0.3, -0.25) is 0 Å². The maximum atomic E-state index is 8.30. The minimum atomic E-state index is 0.501. The van der Waals surface area contributed by atoms with Crippen molar-refractivity contribution in [2.24, 2.45) is 0 Å². The quantitative estimate of drug-likeness (QED) is 0.367. The van der Waals surface area contributed by atoms with E-state index in [0.717, 1.165) is 13.0 Å². The first kappa shape index (κ1) is 16.2. The Morgan fingerprint density at radius 2 is 1.65 bits per heavy atom. The second kappa shape index (κ2) is 15.2. The molecule has 0 spiro atoms. The van der Waals surface area contributed by atoms with Gasteiger partial charge in [0.15, 0.2) is 0 Å². The maximum Gasteiger partial charge on any atom is 0.0645 e. The Bertz CT molecular complexity index is 205. The van der Waals surface area contributed by atoms with E-state index in [1.165, 1.54) is 44.9 Å². The van der Waals surface area contributed by atoms with E-state index in [1.54, 1.807) is 0 Å². The summed E-state index contributed by atoms with van der Waals surface area (Å²) in [5.74, 6) is 0. The lowest BCUT2D eigenvalue weighted by Gasteiger charge is -1.98. The van der Waals surface area contributed by atoms with E-state index in [4.69, 9.17) is 10.00 Å². The highest BCUT2D eigenvalue weighted by Gasteiger charge is 1.88. The Kier molecular flexibility index (Phi) is 14.5. The zero-order chi connectivity index (χ0) is 12.6. The van der Waals surface area contributed by atoms with Crippen molar-refractivity contribution < 1.29 is 4.74 Å². The molecular weight excluding hydrogens is 210 g/mol. The molecule has 0 unspecified atom stereocenters. The van der Waals surface area contributed by atoms with Gasteiger partial charge in [0.25, 0.3) is 0 Å². The summed E-state index contributed by atoms with van der Waals surface area (Å²) in [6, 6.07) is 2.06. The lowest BCUT2D eigenvalue weighted by molar-refractivity contribution is 0.144. The van der Waals surface area contributed by atoms with Crippen molar-refractivity contribution in [2.75, 3.05) is 13.2 Å². The first-order valence-corrected chi connectivity index (χ1v) is 7.01. The zero-order valence-electron chi connectivity index (χ0n) is 11.3. The van der Waals surface area contributed by atoms with Crippen LogP contribution in [-0.4, -0.2) is 13.2 Å². The molecule has 0 aliphatic heterocycles. The third kappa shape index (κ3) is 15.2. The van der Waals surface area contributed by atoms with E-state index in [0.29, 0.717) is 13.0 Å². The van der Waals surface area contributed by atoms with E-state index in [-0.39, 0.29) is 0 Å². The zero-order valence-corrected chi connectivity index (χ0v) is 11.3. The van der Waals surface area contributed by atoms with Crippen molar-refractivity contribution in [2.45, 2.75) is 64.7 Å². The molecule has 0 heterocycles. The van der Waals surface area contributed by atoms with Crippen molar-refractivity contribution in [3.8, 4) is 6.07 Å². The predicted octanol–water partition coefficient (Wildman–Crippen LogP) is 4.61. The largest absolute Gasteiger partial charge is 0.380 e. The summed E-state index contributed by atoms with van der Waals surface area (Å²) in [7, 11) is 0. The molecule has 0 aliphatic rings. The molecule has 0 atom stereocenters. The highest BCUT2D eigenvalue weighted by molar-refractivity contribution is 4.81. The van der Waals surface area contributed by atoms with E-state index in [9.17, 15) is 0 Å². The van der Waals surface area contributed by atoms with Gasteiger partial charge >= 0.3 is 0 Å². The number of hydrogen-bond acceptors (Lipinski definition) is 2. The third-order valence-electron chi connectivity index (χ3n) is 2.68. The topological polar surface area (TPSA) is 33.0 Å².